The van der Waals surface area contributed by atoms with E-state index < -0.39 is 29.5 Å². The van der Waals surface area contributed by atoms with Gasteiger partial charge in [-0.3, -0.25) is 9.59 Å². The molecule has 2 N–H and O–H groups in total. The molecule has 186 valence electrons. The minimum absolute atomic E-state index is 0.00306. The van der Waals surface area contributed by atoms with Crippen molar-refractivity contribution in [1.29, 1.82) is 0 Å². The van der Waals surface area contributed by atoms with Crippen LogP contribution in [-0.4, -0.2) is 40.1 Å². The SMILES string of the molecule is CC(C)(C)CC(C)(C)[C@@H](O)C1C=C[C@H]2C(=O)N(c3ccccc3)C(=O)[C@H]2N1Nc1ccc(Cl)cc1. The zero-order valence-electron chi connectivity index (χ0n) is 20.9. The van der Waals surface area contributed by atoms with Crippen LogP contribution in [0.1, 0.15) is 41.0 Å². The number of benzene rings is 2. The van der Waals surface area contributed by atoms with E-state index in [-0.39, 0.29) is 17.2 Å². The number of imide groups is 1. The van der Waals surface area contributed by atoms with Crippen LogP contribution in [0.5, 0.6) is 0 Å². The number of halogens is 1. The van der Waals surface area contributed by atoms with Crippen molar-refractivity contribution in [3.63, 3.8) is 0 Å². The molecule has 4 rings (SSSR count). The van der Waals surface area contributed by atoms with Crippen LogP contribution in [-0.2, 0) is 9.59 Å². The first-order valence-corrected chi connectivity index (χ1v) is 12.4. The summed E-state index contributed by atoms with van der Waals surface area (Å²) < 4.78 is 0. The van der Waals surface area contributed by atoms with Crippen LogP contribution >= 0.6 is 11.6 Å². The van der Waals surface area contributed by atoms with Crippen molar-refractivity contribution in [3.05, 3.63) is 71.8 Å². The molecule has 2 aromatic rings. The second-order valence-electron chi connectivity index (χ2n) is 11.4. The molecule has 1 fully saturated rings. The van der Waals surface area contributed by atoms with Gasteiger partial charge in [0.15, 0.2) is 0 Å². The Balaban J connectivity index is 1.73. The first kappa shape index (κ1) is 25.4. The molecule has 0 spiro atoms. The molecule has 0 aliphatic carbocycles. The second-order valence-corrected chi connectivity index (χ2v) is 11.8. The third-order valence-corrected chi connectivity index (χ3v) is 6.93. The number of para-hydroxylation sites is 1. The topological polar surface area (TPSA) is 72.9 Å². The van der Waals surface area contributed by atoms with Crippen molar-refractivity contribution >= 4 is 34.8 Å². The molecule has 7 heteroatoms. The van der Waals surface area contributed by atoms with E-state index >= 15 is 0 Å². The lowest BCUT2D eigenvalue weighted by Gasteiger charge is -2.46. The maximum atomic E-state index is 13.7. The number of fused-ring (bicyclic) bond motifs is 1. The number of hydrazine groups is 1. The molecule has 0 bridgehead atoms. The van der Waals surface area contributed by atoms with Crippen LogP contribution in [0.15, 0.2) is 66.7 Å². The molecule has 6 nitrogen and oxygen atoms in total. The number of nitrogens with zero attached hydrogens (tertiary/aromatic N) is 2. The van der Waals surface area contributed by atoms with E-state index in [4.69, 9.17) is 11.6 Å². The highest BCUT2D eigenvalue weighted by molar-refractivity contribution is 6.30. The smallest absolute Gasteiger partial charge is 0.254 e. The van der Waals surface area contributed by atoms with Crippen LogP contribution in [0.4, 0.5) is 11.4 Å². The number of hydrogen-bond donors (Lipinski definition) is 2. The van der Waals surface area contributed by atoms with Gasteiger partial charge in [0.2, 0.25) is 5.91 Å². The predicted octanol–water partition coefficient (Wildman–Crippen LogP) is 5.29. The maximum Gasteiger partial charge on any atom is 0.254 e. The Kier molecular flexibility index (Phi) is 6.84. The molecule has 1 saturated heterocycles. The number of carbonyl (C=O) groups excluding carboxylic acids is 2. The standard InChI is InChI=1S/C28H34ClN3O3/c1-27(2,3)17-28(4,5)24(33)22-16-15-21-23(32(22)30-19-13-11-18(29)12-14-19)26(35)31(25(21)34)20-9-7-6-8-10-20/h6-16,21-24,30,33H,17H2,1-5H3/t21-,22?,23+,24+/m1/s1. The lowest BCUT2D eigenvalue weighted by Crippen LogP contribution is -2.60. The van der Waals surface area contributed by atoms with Crippen molar-refractivity contribution < 1.29 is 14.7 Å². The zero-order valence-corrected chi connectivity index (χ0v) is 21.7. The van der Waals surface area contributed by atoms with Crippen molar-refractivity contribution in [3.8, 4) is 0 Å². The molecular weight excluding hydrogens is 462 g/mol. The van der Waals surface area contributed by atoms with E-state index in [1.807, 2.05) is 38.1 Å². The van der Waals surface area contributed by atoms with Crippen molar-refractivity contribution in [1.82, 2.24) is 5.01 Å². The van der Waals surface area contributed by atoms with E-state index in [1.54, 1.807) is 47.5 Å². The van der Waals surface area contributed by atoms with E-state index in [9.17, 15) is 14.7 Å². The van der Waals surface area contributed by atoms with E-state index in [0.717, 1.165) is 6.42 Å². The zero-order chi connectivity index (χ0) is 25.5. The quantitative estimate of drug-likeness (QED) is 0.421. The first-order valence-electron chi connectivity index (χ1n) is 12.0. The summed E-state index contributed by atoms with van der Waals surface area (Å²) in [7, 11) is 0. The highest BCUT2D eigenvalue weighted by atomic mass is 35.5. The highest BCUT2D eigenvalue weighted by Gasteiger charge is 2.55. The van der Waals surface area contributed by atoms with Gasteiger partial charge < -0.3 is 10.5 Å². The average molecular weight is 496 g/mol. The summed E-state index contributed by atoms with van der Waals surface area (Å²) >= 11 is 6.08. The van der Waals surface area contributed by atoms with Gasteiger partial charge in [0, 0.05) is 10.7 Å². The Bertz CT molecular complexity index is 1110. The summed E-state index contributed by atoms with van der Waals surface area (Å²) in [5.41, 5.74) is 4.14. The van der Waals surface area contributed by atoms with E-state index in [1.165, 1.54) is 4.90 Å². The number of aliphatic hydroxyl groups excluding tert-OH is 1. The van der Waals surface area contributed by atoms with Crippen LogP contribution < -0.4 is 10.3 Å². The van der Waals surface area contributed by atoms with Crippen molar-refractivity contribution in [2.24, 2.45) is 16.7 Å². The molecule has 2 aromatic carbocycles. The summed E-state index contributed by atoms with van der Waals surface area (Å²) in [5.74, 6) is -1.24. The lowest BCUT2D eigenvalue weighted by atomic mass is 9.70. The number of nitrogens with one attached hydrogen (secondary N) is 1. The Labute approximate surface area is 212 Å². The summed E-state index contributed by atoms with van der Waals surface area (Å²) in [6.45, 7) is 10.5. The Hall–Kier alpha value is -2.67. The fourth-order valence-corrected chi connectivity index (χ4v) is 5.64. The van der Waals surface area contributed by atoms with Gasteiger partial charge in [-0.25, -0.2) is 9.91 Å². The lowest BCUT2D eigenvalue weighted by molar-refractivity contribution is -0.124. The summed E-state index contributed by atoms with van der Waals surface area (Å²) in [6, 6.07) is 14.8. The number of carbonyl (C=O) groups is 2. The molecule has 2 amide bonds. The fraction of sp³-hybridized carbons (Fsp3) is 0.429. The van der Waals surface area contributed by atoms with Gasteiger partial charge in [-0.2, -0.15) is 0 Å². The molecule has 2 aliphatic rings. The third-order valence-electron chi connectivity index (χ3n) is 6.68. The number of amides is 2. The minimum Gasteiger partial charge on any atom is -0.391 e. The minimum atomic E-state index is -0.799. The number of hydrogen-bond acceptors (Lipinski definition) is 5. The fourth-order valence-electron chi connectivity index (χ4n) is 5.51. The molecule has 2 aliphatic heterocycles. The van der Waals surface area contributed by atoms with Gasteiger partial charge >= 0.3 is 0 Å². The summed E-state index contributed by atoms with van der Waals surface area (Å²) in [5, 5.41) is 14.0. The maximum absolute atomic E-state index is 13.7. The van der Waals surface area contributed by atoms with Gasteiger partial charge in [-0.15, -0.1) is 0 Å². The second kappa shape index (κ2) is 9.41. The number of anilines is 2. The van der Waals surface area contributed by atoms with Gasteiger partial charge in [0.1, 0.15) is 6.04 Å². The average Bonchev–Trinajstić information content (AvgIpc) is 3.04. The van der Waals surface area contributed by atoms with Crippen LogP contribution in [0.25, 0.3) is 0 Å². The molecule has 1 unspecified atom stereocenters. The van der Waals surface area contributed by atoms with Crippen molar-refractivity contribution in [2.45, 2.75) is 59.2 Å². The van der Waals surface area contributed by atoms with Gasteiger partial charge in [-0.05, 0) is 53.6 Å². The Morgan fingerprint density at radius 2 is 1.57 bits per heavy atom. The van der Waals surface area contributed by atoms with Gasteiger partial charge in [0.25, 0.3) is 5.91 Å². The van der Waals surface area contributed by atoms with Crippen molar-refractivity contribution in [2.75, 3.05) is 10.3 Å². The third kappa shape index (κ3) is 5.15. The molecule has 0 saturated carbocycles. The van der Waals surface area contributed by atoms with E-state index in [2.05, 4.69) is 26.2 Å². The molecule has 35 heavy (non-hydrogen) atoms. The van der Waals surface area contributed by atoms with Crippen LogP contribution in [0, 0.1) is 16.7 Å². The Morgan fingerprint density at radius 3 is 2.17 bits per heavy atom. The Morgan fingerprint density at radius 1 is 0.943 bits per heavy atom. The molecular formula is C28H34ClN3O3. The molecule has 0 radical (unpaired) electrons. The summed E-state index contributed by atoms with van der Waals surface area (Å²) in [4.78, 5) is 28.4. The molecule has 4 atom stereocenters. The van der Waals surface area contributed by atoms with Crippen LogP contribution in [0.2, 0.25) is 5.02 Å². The highest BCUT2D eigenvalue weighted by Crippen LogP contribution is 2.42. The number of aliphatic hydroxyl groups is 1. The van der Waals surface area contributed by atoms with Crippen LogP contribution in [0.3, 0.4) is 0 Å². The molecule has 2 heterocycles. The number of rotatable bonds is 6. The first-order chi connectivity index (χ1) is 16.4. The predicted molar refractivity (Wildman–Crippen MR) is 140 cm³/mol. The summed E-state index contributed by atoms with van der Waals surface area (Å²) in [6.07, 6.45) is 3.62. The monoisotopic (exact) mass is 495 g/mol. The molecule has 0 aromatic heterocycles. The normalized spacial score (nSPS) is 24.0. The van der Waals surface area contributed by atoms with Gasteiger partial charge in [0.05, 0.1) is 23.8 Å². The van der Waals surface area contributed by atoms with E-state index in [0.29, 0.717) is 16.4 Å². The van der Waals surface area contributed by atoms with Gasteiger partial charge in [-0.1, -0.05) is 76.6 Å². The largest absolute Gasteiger partial charge is 0.391 e.